The molecule has 1 aliphatic heterocycles. The second-order valence-electron chi connectivity index (χ2n) is 8.70. The number of aromatic nitrogens is 3. The molecule has 3 heterocycles. The standard InChI is InChI=1S/C24H31N7O3/c1-4-31-22-19(13-27-31)21(29-16-7-9-30(10-8-16)24(25)34)18(15(3)28-22)12-26-23(33)17-6-5-14(2)11-20(17)32/h5-6,11,13,16,32H,4,7-10,12H2,1-3H3,(H2,25,34)(H,26,33)(H,28,29). The van der Waals surface area contributed by atoms with E-state index >= 15 is 0 Å². The van der Waals surface area contributed by atoms with Gasteiger partial charge in [-0.15, -0.1) is 0 Å². The zero-order valence-electron chi connectivity index (χ0n) is 19.8. The Labute approximate surface area is 198 Å². The fraction of sp³-hybridized carbons (Fsp3) is 0.417. The number of anilines is 1. The number of rotatable bonds is 6. The van der Waals surface area contributed by atoms with Gasteiger partial charge < -0.3 is 26.4 Å². The van der Waals surface area contributed by atoms with E-state index < -0.39 is 6.03 Å². The summed E-state index contributed by atoms with van der Waals surface area (Å²) in [5.41, 5.74) is 9.84. The fourth-order valence-corrected chi connectivity index (χ4v) is 4.40. The molecule has 0 aliphatic carbocycles. The highest BCUT2D eigenvalue weighted by Crippen LogP contribution is 2.31. The number of nitrogens with one attached hydrogen (secondary N) is 2. The number of nitrogens with zero attached hydrogens (tertiary/aromatic N) is 4. The Kier molecular flexibility index (Phi) is 6.58. The van der Waals surface area contributed by atoms with Crippen LogP contribution in [-0.4, -0.2) is 55.8 Å². The third kappa shape index (κ3) is 4.61. The lowest BCUT2D eigenvalue weighted by Crippen LogP contribution is -2.44. The van der Waals surface area contributed by atoms with Crippen molar-refractivity contribution in [3.8, 4) is 5.75 Å². The summed E-state index contributed by atoms with van der Waals surface area (Å²) in [6.07, 6.45) is 3.32. The molecule has 1 aliphatic rings. The quantitative estimate of drug-likeness (QED) is 0.441. The van der Waals surface area contributed by atoms with Crippen LogP contribution in [0.25, 0.3) is 11.0 Å². The maximum Gasteiger partial charge on any atom is 0.314 e. The number of primary amides is 1. The Balaban J connectivity index is 1.62. The first kappa shape index (κ1) is 23.3. The molecule has 1 fully saturated rings. The van der Waals surface area contributed by atoms with Gasteiger partial charge in [0.05, 0.1) is 22.8 Å². The van der Waals surface area contributed by atoms with Crippen molar-refractivity contribution < 1.29 is 14.7 Å². The first-order chi connectivity index (χ1) is 16.3. The van der Waals surface area contributed by atoms with Gasteiger partial charge >= 0.3 is 6.03 Å². The molecule has 10 heteroatoms. The number of phenolic OH excluding ortho intramolecular Hbond substituents is 1. The number of nitrogens with two attached hydrogens (primary N) is 1. The predicted octanol–water partition coefficient (Wildman–Crippen LogP) is 2.66. The Bertz CT molecular complexity index is 1230. The van der Waals surface area contributed by atoms with Crippen LogP contribution in [0.5, 0.6) is 5.75 Å². The van der Waals surface area contributed by atoms with E-state index in [0.717, 1.165) is 46.4 Å². The van der Waals surface area contributed by atoms with Gasteiger partial charge in [0.2, 0.25) is 0 Å². The van der Waals surface area contributed by atoms with Gasteiger partial charge in [-0.2, -0.15) is 5.10 Å². The monoisotopic (exact) mass is 465 g/mol. The summed E-state index contributed by atoms with van der Waals surface area (Å²) in [4.78, 5) is 30.7. The third-order valence-electron chi connectivity index (χ3n) is 6.37. The number of hydrogen-bond acceptors (Lipinski definition) is 6. The summed E-state index contributed by atoms with van der Waals surface area (Å²) in [5, 5.41) is 22.1. The molecule has 0 spiro atoms. The molecule has 0 bridgehead atoms. The van der Waals surface area contributed by atoms with Crippen molar-refractivity contribution >= 4 is 28.7 Å². The molecule has 10 nitrogen and oxygen atoms in total. The first-order valence-electron chi connectivity index (χ1n) is 11.5. The lowest BCUT2D eigenvalue weighted by molar-refractivity contribution is 0.0948. The summed E-state index contributed by atoms with van der Waals surface area (Å²) in [6.45, 7) is 7.89. The highest BCUT2D eigenvalue weighted by molar-refractivity contribution is 5.97. The van der Waals surface area contributed by atoms with Crippen LogP contribution in [0.3, 0.4) is 0 Å². The molecule has 5 N–H and O–H groups in total. The van der Waals surface area contributed by atoms with Crippen molar-refractivity contribution in [1.29, 1.82) is 0 Å². The van der Waals surface area contributed by atoms with E-state index in [1.165, 1.54) is 0 Å². The molecule has 34 heavy (non-hydrogen) atoms. The molecule has 1 aromatic carbocycles. The molecular formula is C24H31N7O3. The molecule has 180 valence electrons. The minimum absolute atomic E-state index is 0.0495. The predicted molar refractivity (Wildman–Crippen MR) is 130 cm³/mol. The minimum Gasteiger partial charge on any atom is -0.507 e. The molecular weight excluding hydrogens is 434 g/mol. The number of aryl methyl sites for hydroxylation is 3. The van der Waals surface area contributed by atoms with Crippen molar-refractivity contribution in [2.75, 3.05) is 18.4 Å². The summed E-state index contributed by atoms with van der Waals surface area (Å²) >= 11 is 0. The van der Waals surface area contributed by atoms with E-state index in [-0.39, 0.29) is 29.8 Å². The molecule has 0 atom stereocenters. The first-order valence-corrected chi connectivity index (χ1v) is 11.5. The lowest BCUT2D eigenvalue weighted by Gasteiger charge is -2.32. The number of urea groups is 1. The normalized spacial score (nSPS) is 14.4. The van der Waals surface area contributed by atoms with Crippen molar-refractivity contribution in [3.05, 3.63) is 46.8 Å². The number of likely N-dealkylation sites (tertiary alicyclic amines) is 1. The third-order valence-corrected chi connectivity index (χ3v) is 6.37. The van der Waals surface area contributed by atoms with E-state index in [4.69, 9.17) is 10.7 Å². The molecule has 0 saturated carbocycles. The summed E-state index contributed by atoms with van der Waals surface area (Å²) in [7, 11) is 0. The number of phenols is 1. The summed E-state index contributed by atoms with van der Waals surface area (Å²) in [6, 6.07) is 4.72. The van der Waals surface area contributed by atoms with Crippen LogP contribution in [0.2, 0.25) is 0 Å². The number of fused-ring (bicyclic) bond motifs is 1. The van der Waals surface area contributed by atoms with E-state index in [1.54, 1.807) is 29.3 Å². The largest absolute Gasteiger partial charge is 0.507 e. The van der Waals surface area contributed by atoms with Gasteiger partial charge in [-0.3, -0.25) is 4.79 Å². The molecule has 2 aromatic heterocycles. The molecule has 3 amide bonds. The van der Waals surface area contributed by atoms with E-state index in [1.807, 2.05) is 25.5 Å². The van der Waals surface area contributed by atoms with Crippen LogP contribution in [0, 0.1) is 13.8 Å². The zero-order valence-corrected chi connectivity index (χ0v) is 19.8. The molecule has 1 saturated heterocycles. The van der Waals surface area contributed by atoms with E-state index in [9.17, 15) is 14.7 Å². The lowest BCUT2D eigenvalue weighted by atomic mass is 10.0. The number of aromatic hydroxyl groups is 1. The summed E-state index contributed by atoms with van der Waals surface area (Å²) in [5.74, 6) is -0.409. The van der Waals surface area contributed by atoms with Gasteiger partial charge in [0.25, 0.3) is 5.91 Å². The van der Waals surface area contributed by atoms with Crippen LogP contribution < -0.4 is 16.4 Å². The van der Waals surface area contributed by atoms with Crippen LogP contribution in [0.15, 0.2) is 24.4 Å². The van der Waals surface area contributed by atoms with Gasteiger partial charge in [-0.05, 0) is 51.3 Å². The second kappa shape index (κ2) is 9.58. The Hall–Kier alpha value is -3.82. The average Bonchev–Trinajstić information content (AvgIpc) is 3.21. The highest BCUT2D eigenvalue weighted by atomic mass is 16.3. The Morgan fingerprint density at radius 3 is 2.62 bits per heavy atom. The maximum atomic E-state index is 12.8. The van der Waals surface area contributed by atoms with Crippen molar-refractivity contribution in [2.45, 2.75) is 52.7 Å². The number of piperidine rings is 1. The van der Waals surface area contributed by atoms with Crippen LogP contribution in [0.4, 0.5) is 10.5 Å². The molecule has 0 unspecified atom stereocenters. The molecule has 0 radical (unpaired) electrons. The SMILES string of the molecule is CCn1ncc2c(NC3CCN(C(N)=O)CC3)c(CNC(=O)c3ccc(C)cc3O)c(C)nc21. The van der Waals surface area contributed by atoms with Gasteiger partial charge in [0.1, 0.15) is 5.75 Å². The van der Waals surface area contributed by atoms with Gasteiger partial charge in [0, 0.05) is 43.5 Å². The topological polar surface area (TPSA) is 138 Å². The van der Waals surface area contributed by atoms with E-state index in [0.29, 0.717) is 19.6 Å². The number of carbonyl (C=O) groups excluding carboxylic acids is 2. The van der Waals surface area contributed by atoms with Gasteiger partial charge in [-0.1, -0.05) is 6.07 Å². The Morgan fingerprint density at radius 1 is 1.24 bits per heavy atom. The number of benzene rings is 1. The number of hydrogen-bond donors (Lipinski definition) is 4. The van der Waals surface area contributed by atoms with Crippen molar-refractivity contribution in [2.24, 2.45) is 5.73 Å². The van der Waals surface area contributed by atoms with Crippen LogP contribution in [0.1, 0.15) is 46.9 Å². The number of amides is 3. The highest BCUT2D eigenvalue weighted by Gasteiger charge is 2.24. The number of pyridine rings is 1. The fourth-order valence-electron chi connectivity index (χ4n) is 4.40. The summed E-state index contributed by atoms with van der Waals surface area (Å²) < 4.78 is 1.84. The molecule has 4 rings (SSSR count). The maximum absolute atomic E-state index is 12.8. The second-order valence-corrected chi connectivity index (χ2v) is 8.70. The van der Waals surface area contributed by atoms with Gasteiger partial charge in [-0.25, -0.2) is 14.5 Å². The van der Waals surface area contributed by atoms with Gasteiger partial charge in [0.15, 0.2) is 5.65 Å². The smallest absolute Gasteiger partial charge is 0.314 e. The molecule has 3 aromatic rings. The van der Waals surface area contributed by atoms with Crippen molar-refractivity contribution in [3.63, 3.8) is 0 Å². The van der Waals surface area contributed by atoms with E-state index in [2.05, 4.69) is 15.7 Å². The zero-order chi connectivity index (χ0) is 24.4. The van der Waals surface area contributed by atoms with Crippen LogP contribution >= 0.6 is 0 Å². The van der Waals surface area contributed by atoms with Crippen molar-refractivity contribution in [1.82, 2.24) is 25.0 Å². The minimum atomic E-state index is -0.396. The average molecular weight is 466 g/mol. The Morgan fingerprint density at radius 2 is 1.97 bits per heavy atom. The van der Waals surface area contributed by atoms with Crippen LogP contribution in [-0.2, 0) is 13.1 Å². The number of carbonyl (C=O) groups is 2.